The molecule has 0 fully saturated rings. The number of aromatic hydroxyl groups is 3. The highest BCUT2D eigenvalue weighted by Gasteiger charge is 2.44. The zero-order valence-corrected chi connectivity index (χ0v) is 22.8. The maximum absolute atomic E-state index is 13.1. The van der Waals surface area contributed by atoms with Gasteiger partial charge in [-0.15, -0.1) is 0 Å². The third-order valence-corrected chi connectivity index (χ3v) is 9.10. The lowest BCUT2D eigenvalue weighted by Gasteiger charge is -2.38. The Kier molecular flexibility index (Phi) is 4.89. The van der Waals surface area contributed by atoms with Gasteiger partial charge in [0.25, 0.3) is 0 Å². The van der Waals surface area contributed by atoms with Crippen molar-refractivity contribution in [1.29, 1.82) is 0 Å². The minimum absolute atomic E-state index is 0.0564. The molecule has 0 radical (unpaired) electrons. The Morgan fingerprint density at radius 2 is 1.24 bits per heavy atom. The van der Waals surface area contributed by atoms with Gasteiger partial charge in [0.2, 0.25) is 11.5 Å². The Hall–Kier alpha value is -5.62. The molecule has 0 unspecified atom stereocenters. The lowest BCUT2D eigenvalue weighted by atomic mass is 9.78. The van der Waals surface area contributed by atoms with Crippen LogP contribution < -0.4 is 16.0 Å². The first kappa shape index (κ1) is 25.8. The molecule has 0 saturated heterocycles. The van der Waals surface area contributed by atoms with E-state index in [-0.39, 0.29) is 27.3 Å². The van der Waals surface area contributed by atoms with Crippen LogP contribution in [0.1, 0.15) is 23.3 Å². The molecular formula is C34H20O11. The normalized spacial score (nSPS) is 20.3. The first-order chi connectivity index (χ1) is 21.6. The van der Waals surface area contributed by atoms with E-state index in [0.29, 0.717) is 16.5 Å². The molecule has 4 atom stereocenters. The molecule has 0 amide bonds. The van der Waals surface area contributed by atoms with E-state index in [0.717, 1.165) is 39.1 Å². The van der Waals surface area contributed by atoms with Gasteiger partial charge in [0.15, 0.2) is 28.8 Å². The summed E-state index contributed by atoms with van der Waals surface area (Å²) in [7, 11) is 0. The summed E-state index contributed by atoms with van der Waals surface area (Å²) in [4.78, 5) is 26.1. The number of fused-ring (bicyclic) bond motifs is 2. The second kappa shape index (κ2) is 8.51. The quantitative estimate of drug-likeness (QED) is 0.0932. The van der Waals surface area contributed by atoms with Crippen molar-refractivity contribution < 1.29 is 44.2 Å². The van der Waals surface area contributed by atoms with E-state index < -0.39 is 64.1 Å². The van der Waals surface area contributed by atoms with E-state index >= 15 is 0 Å². The van der Waals surface area contributed by atoms with E-state index in [2.05, 4.69) is 0 Å². The van der Waals surface area contributed by atoms with Gasteiger partial charge >= 0.3 is 11.3 Å². The van der Waals surface area contributed by atoms with Crippen LogP contribution >= 0.6 is 0 Å². The van der Waals surface area contributed by atoms with Crippen LogP contribution in [-0.2, 0) is 0 Å². The minimum Gasteiger partial charge on any atom is -0.504 e. The fraction of sp³-hybridized carbons (Fsp3) is 0.118. The number of ether oxygens (including phenoxy) is 1. The topological polar surface area (TPSA) is 191 Å². The highest BCUT2D eigenvalue weighted by atomic mass is 16.5. The van der Waals surface area contributed by atoms with Crippen molar-refractivity contribution in [3.8, 4) is 23.0 Å². The molecular weight excluding hydrogens is 584 g/mol. The number of rotatable bonds is 2. The molecule has 11 heteroatoms. The molecule has 2 heterocycles. The SMILES string of the molecule is O=c1oc2c(O)c(O[C@@H]3c4c(cc5ccc6cccc7ccc4c5c67)[C@@H](O)[C@H](O)[C@@H]3O)cc3c(=O)oc4c(O)c(O)cc1c4c23. The highest BCUT2D eigenvalue weighted by Crippen LogP contribution is 2.50. The zero-order valence-electron chi connectivity index (χ0n) is 22.8. The molecule has 0 bridgehead atoms. The van der Waals surface area contributed by atoms with Crippen LogP contribution in [0.25, 0.3) is 65.0 Å². The predicted octanol–water partition coefficient (Wildman–Crippen LogP) is 4.39. The van der Waals surface area contributed by atoms with Gasteiger partial charge in [-0.1, -0.05) is 42.5 Å². The van der Waals surface area contributed by atoms with E-state index in [1.165, 1.54) is 0 Å². The fourth-order valence-electron chi connectivity index (χ4n) is 7.06. The van der Waals surface area contributed by atoms with Crippen molar-refractivity contribution in [2.75, 3.05) is 0 Å². The molecule has 45 heavy (non-hydrogen) atoms. The van der Waals surface area contributed by atoms with E-state index in [9.17, 15) is 40.2 Å². The smallest absolute Gasteiger partial charge is 0.344 e. The average molecular weight is 605 g/mol. The summed E-state index contributed by atoms with van der Waals surface area (Å²) in [5.74, 6) is -2.56. The second-order valence-corrected chi connectivity index (χ2v) is 11.4. The van der Waals surface area contributed by atoms with E-state index in [1.54, 1.807) is 6.07 Å². The second-order valence-electron chi connectivity index (χ2n) is 11.4. The predicted molar refractivity (Wildman–Crippen MR) is 163 cm³/mol. The van der Waals surface area contributed by atoms with Crippen LogP contribution in [0.2, 0.25) is 0 Å². The third-order valence-electron chi connectivity index (χ3n) is 9.10. The molecule has 1 aliphatic rings. The maximum atomic E-state index is 13.1. The summed E-state index contributed by atoms with van der Waals surface area (Å²) in [6, 6.07) is 17.4. The molecule has 9 rings (SSSR count). The molecule has 8 aromatic rings. The lowest BCUT2D eigenvalue weighted by molar-refractivity contribution is -0.113. The standard InChI is InChI=1S/C34H20O11/c35-18-9-16-23-24-17(34(42)44-31(23)26(18)37)10-19(27(38)32(24)45-33(16)41)43-30-22-14-7-6-12-3-1-2-11-4-5-13(21(14)20(11)12)8-15(22)25(36)28(39)29(30)40/h1-10,25,28-30,35-40H/t25-,28+,29+,30-/m1/s1. The highest BCUT2D eigenvalue weighted by molar-refractivity contribution is 6.24. The van der Waals surface area contributed by atoms with Gasteiger partial charge < -0.3 is 44.2 Å². The van der Waals surface area contributed by atoms with Crippen molar-refractivity contribution in [1.82, 2.24) is 0 Å². The Bertz CT molecular complexity index is 2650. The first-order valence-corrected chi connectivity index (χ1v) is 14.0. The number of hydrogen-bond acceptors (Lipinski definition) is 11. The van der Waals surface area contributed by atoms with Crippen LogP contribution in [0.5, 0.6) is 23.0 Å². The van der Waals surface area contributed by atoms with Gasteiger partial charge in [-0.05, 0) is 56.1 Å². The molecule has 6 N–H and O–H groups in total. The monoisotopic (exact) mass is 604 g/mol. The van der Waals surface area contributed by atoms with E-state index in [1.807, 2.05) is 42.5 Å². The summed E-state index contributed by atoms with van der Waals surface area (Å²) in [6.07, 6.45) is -6.21. The molecule has 11 nitrogen and oxygen atoms in total. The van der Waals surface area contributed by atoms with Crippen LogP contribution in [-0.4, -0.2) is 42.8 Å². The first-order valence-electron chi connectivity index (χ1n) is 14.0. The zero-order chi connectivity index (χ0) is 31.0. The lowest BCUT2D eigenvalue weighted by Crippen LogP contribution is -2.43. The summed E-state index contributed by atoms with van der Waals surface area (Å²) in [6.45, 7) is 0. The summed E-state index contributed by atoms with van der Waals surface area (Å²) < 4.78 is 16.9. The Balaban J connectivity index is 1.33. The minimum atomic E-state index is -1.69. The van der Waals surface area contributed by atoms with Gasteiger partial charge in [0.05, 0.1) is 10.8 Å². The van der Waals surface area contributed by atoms with Crippen LogP contribution in [0, 0.1) is 0 Å². The maximum Gasteiger partial charge on any atom is 0.344 e. The molecule has 0 spiro atoms. The van der Waals surface area contributed by atoms with Crippen LogP contribution in [0.3, 0.4) is 0 Å². The number of aliphatic hydroxyl groups excluding tert-OH is 3. The summed E-state index contributed by atoms with van der Waals surface area (Å²) >= 11 is 0. The summed E-state index contributed by atoms with van der Waals surface area (Å²) in [5.41, 5.74) is -2.25. The fourth-order valence-corrected chi connectivity index (χ4v) is 7.06. The van der Waals surface area contributed by atoms with Gasteiger partial charge in [-0.25, -0.2) is 9.59 Å². The van der Waals surface area contributed by atoms with Gasteiger partial charge in [-0.2, -0.15) is 0 Å². The molecule has 0 saturated carbocycles. The molecule has 0 aliphatic heterocycles. The van der Waals surface area contributed by atoms with Crippen LogP contribution in [0.15, 0.2) is 79.1 Å². The van der Waals surface area contributed by atoms with Crippen molar-refractivity contribution in [2.45, 2.75) is 24.4 Å². The Labute approximate surface area is 249 Å². The Morgan fingerprint density at radius 1 is 0.622 bits per heavy atom. The van der Waals surface area contributed by atoms with Crippen molar-refractivity contribution in [2.24, 2.45) is 0 Å². The number of aliphatic hydroxyl groups is 3. The van der Waals surface area contributed by atoms with Gasteiger partial charge in [0, 0.05) is 16.3 Å². The molecule has 6 aromatic carbocycles. The number of hydrogen-bond donors (Lipinski definition) is 6. The number of phenols is 3. The van der Waals surface area contributed by atoms with Crippen LogP contribution in [0.4, 0.5) is 0 Å². The van der Waals surface area contributed by atoms with Crippen molar-refractivity contribution in [3.63, 3.8) is 0 Å². The molecule has 2 aromatic heterocycles. The third kappa shape index (κ3) is 3.18. The summed E-state index contributed by atoms with van der Waals surface area (Å²) in [5, 5.41) is 69.9. The Morgan fingerprint density at radius 3 is 1.96 bits per heavy atom. The molecule has 222 valence electrons. The van der Waals surface area contributed by atoms with Gasteiger partial charge in [-0.3, -0.25) is 0 Å². The largest absolute Gasteiger partial charge is 0.504 e. The molecule has 1 aliphatic carbocycles. The van der Waals surface area contributed by atoms with Crippen molar-refractivity contribution in [3.05, 3.63) is 92.6 Å². The van der Waals surface area contributed by atoms with Gasteiger partial charge in [0.1, 0.15) is 18.3 Å². The number of benzene rings is 6. The van der Waals surface area contributed by atoms with E-state index in [4.69, 9.17) is 13.6 Å². The number of phenolic OH excluding ortho intramolecular Hbond substituents is 3. The average Bonchev–Trinajstić information content (AvgIpc) is 3.03. The van der Waals surface area contributed by atoms with Crippen molar-refractivity contribution >= 4 is 65.0 Å².